The Labute approximate surface area is 80.4 Å². The second-order valence-corrected chi connectivity index (χ2v) is 3.19. The molecule has 3 N–H and O–H groups in total. The van der Waals surface area contributed by atoms with Gasteiger partial charge in [-0.25, -0.2) is 9.78 Å². The molecule has 5 heteroatoms. The lowest BCUT2D eigenvalue weighted by Crippen LogP contribution is -2.29. The van der Waals surface area contributed by atoms with Crippen molar-refractivity contribution < 1.29 is 15.0 Å². The highest BCUT2D eigenvalue weighted by Gasteiger charge is 2.20. The van der Waals surface area contributed by atoms with Crippen LogP contribution in [0.5, 0.6) is 0 Å². The number of carboxylic acid groups (broad SMARTS) is 1. The molecule has 2 rings (SSSR count). The van der Waals surface area contributed by atoms with Gasteiger partial charge in [-0.2, -0.15) is 0 Å². The summed E-state index contributed by atoms with van der Waals surface area (Å²) in [5.41, 5.74) is 1.31. The molecule has 14 heavy (non-hydrogen) atoms. The summed E-state index contributed by atoms with van der Waals surface area (Å²) < 4.78 is 0. The van der Waals surface area contributed by atoms with Crippen molar-refractivity contribution >= 4 is 5.97 Å². The Balaban J connectivity index is 2.45. The number of nitrogens with one attached hydrogen (secondary N) is 1. The lowest BCUT2D eigenvalue weighted by Gasteiger charge is -2.21. The molecule has 0 amide bonds. The largest absolute Gasteiger partial charge is 0.477 e. The van der Waals surface area contributed by atoms with Crippen molar-refractivity contribution in [1.82, 2.24) is 10.3 Å². The maximum absolute atomic E-state index is 10.6. The molecule has 0 fully saturated rings. The van der Waals surface area contributed by atoms with Crippen molar-refractivity contribution in [3.63, 3.8) is 0 Å². The average Bonchev–Trinajstić information content (AvgIpc) is 2.18. The molecule has 0 aromatic carbocycles. The van der Waals surface area contributed by atoms with Gasteiger partial charge in [0.2, 0.25) is 0 Å². The number of rotatable bonds is 1. The van der Waals surface area contributed by atoms with Gasteiger partial charge in [0, 0.05) is 13.1 Å². The molecule has 74 valence electrons. The minimum absolute atomic E-state index is 0.0234. The number of hydrogen-bond acceptors (Lipinski definition) is 4. The van der Waals surface area contributed by atoms with Crippen molar-refractivity contribution in [2.45, 2.75) is 12.6 Å². The summed E-state index contributed by atoms with van der Waals surface area (Å²) >= 11 is 0. The SMILES string of the molecule is O=C(O)c1ccc2c(n1)C(O)CNC2. The van der Waals surface area contributed by atoms with Crippen LogP contribution in [0.3, 0.4) is 0 Å². The van der Waals surface area contributed by atoms with Crippen LogP contribution in [0.15, 0.2) is 12.1 Å². The molecule has 0 radical (unpaired) electrons. The highest BCUT2D eigenvalue weighted by molar-refractivity contribution is 5.85. The molecule has 1 aromatic rings. The molecule has 2 heterocycles. The van der Waals surface area contributed by atoms with E-state index in [4.69, 9.17) is 5.11 Å². The molecule has 0 bridgehead atoms. The Bertz CT molecular complexity index is 378. The first-order chi connectivity index (χ1) is 6.68. The van der Waals surface area contributed by atoms with E-state index in [0.717, 1.165) is 5.56 Å². The summed E-state index contributed by atoms with van der Waals surface area (Å²) in [6.07, 6.45) is -0.710. The number of aliphatic hydroxyl groups excluding tert-OH is 1. The Hall–Kier alpha value is -1.46. The maximum Gasteiger partial charge on any atom is 0.354 e. The third-order valence-corrected chi connectivity index (χ3v) is 2.20. The second kappa shape index (κ2) is 3.36. The van der Waals surface area contributed by atoms with E-state index in [0.29, 0.717) is 18.8 Å². The molecule has 0 spiro atoms. The minimum atomic E-state index is -1.07. The van der Waals surface area contributed by atoms with Gasteiger partial charge < -0.3 is 15.5 Å². The number of carboxylic acids is 1. The van der Waals surface area contributed by atoms with E-state index in [1.807, 2.05) is 0 Å². The van der Waals surface area contributed by atoms with Crippen LogP contribution in [0.4, 0.5) is 0 Å². The van der Waals surface area contributed by atoms with Gasteiger partial charge in [0.05, 0.1) is 5.69 Å². The lowest BCUT2D eigenvalue weighted by molar-refractivity contribution is 0.0689. The number of aliphatic hydroxyl groups is 1. The van der Waals surface area contributed by atoms with Crippen LogP contribution < -0.4 is 5.32 Å². The van der Waals surface area contributed by atoms with Gasteiger partial charge in [0.25, 0.3) is 0 Å². The third-order valence-electron chi connectivity index (χ3n) is 2.20. The maximum atomic E-state index is 10.6. The van der Waals surface area contributed by atoms with Gasteiger partial charge in [-0.15, -0.1) is 0 Å². The Morgan fingerprint density at radius 2 is 2.36 bits per heavy atom. The number of aromatic carboxylic acids is 1. The topological polar surface area (TPSA) is 82.5 Å². The first kappa shape index (κ1) is 9.11. The predicted octanol–water partition coefficient (Wildman–Crippen LogP) is -0.0836. The van der Waals surface area contributed by atoms with Gasteiger partial charge in [-0.05, 0) is 11.6 Å². The summed E-state index contributed by atoms with van der Waals surface area (Å²) in [4.78, 5) is 14.5. The molecule has 1 aromatic heterocycles. The predicted molar refractivity (Wildman–Crippen MR) is 47.9 cm³/mol. The van der Waals surface area contributed by atoms with Crippen LogP contribution in [0.2, 0.25) is 0 Å². The van der Waals surface area contributed by atoms with Crippen molar-refractivity contribution in [1.29, 1.82) is 0 Å². The van der Waals surface area contributed by atoms with E-state index in [1.54, 1.807) is 6.07 Å². The third kappa shape index (κ3) is 1.47. The first-order valence-corrected chi connectivity index (χ1v) is 4.30. The number of fused-ring (bicyclic) bond motifs is 1. The van der Waals surface area contributed by atoms with E-state index in [-0.39, 0.29) is 5.69 Å². The van der Waals surface area contributed by atoms with Gasteiger partial charge >= 0.3 is 5.97 Å². The number of nitrogens with zero attached hydrogens (tertiary/aromatic N) is 1. The van der Waals surface area contributed by atoms with Crippen LogP contribution in [-0.2, 0) is 6.54 Å². The highest BCUT2D eigenvalue weighted by atomic mass is 16.4. The van der Waals surface area contributed by atoms with Crippen molar-refractivity contribution in [2.75, 3.05) is 6.54 Å². The summed E-state index contributed by atoms with van der Waals surface area (Å²) in [5.74, 6) is -1.07. The van der Waals surface area contributed by atoms with E-state index in [9.17, 15) is 9.90 Å². The number of aromatic nitrogens is 1. The fourth-order valence-electron chi connectivity index (χ4n) is 1.50. The van der Waals surface area contributed by atoms with E-state index >= 15 is 0 Å². The highest BCUT2D eigenvalue weighted by Crippen LogP contribution is 2.19. The fourth-order valence-corrected chi connectivity index (χ4v) is 1.50. The van der Waals surface area contributed by atoms with Crippen molar-refractivity contribution in [3.8, 4) is 0 Å². The summed E-state index contributed by atoms with van der Waals surface area (Å²) in [6.45, 7) is 1.04. The average molecular weight is 194 g/mol. The number of hydrogen-bond donors (Lipinski definition) is 3. The molecule has 0 aliphatic carbocycles. The molecule has 0 saturated heterocycles. The van der Waals surface area contributed by atoms with Crippen molar-refractivity contribution in [3.05, 3.63) is 29.1 Å². The molecule has 1 unspecified atom stereocenters. The summed E-state index contributed by atoms with van der Waals surface area (Å²) in [5, 5.41) is 21.3. The molecule has 0 saturated carbocycles. The van der Waals surface area contributed by atoms with Gasteiger partial charge in [0.15, 0.2) is 0 Å². The summed E-state index contributed by atoms with van der Waals surface area (Å²) in [7, 11) is 0. The first-order valence-electron chi connectivity index (χ1n) is 4.30. The Kier molecular flexibility index (Phi) is 2.18. The van der Waals surface area contributed by atoms with Gasteiger partial charge in [-0.3, -0.25) is 0 Å². The van der Waals surface area contributed by atoms with Gasteiger partial charge in [0.1, 0.15) is 11.8 Å². The van der Waals surface area contributed by atoms with Crippen LogP contribution in [0, 0.1) is 0 Å². The molecule has 5 nitrogen and oxygen atoms in total. The normalized spacial score (nSPS) is 20.2. The van der Waals surface area contributed by atoms with E-state index < -0.39 is 12.1 Å². The molecule has 1 atom stereocenters. The Morgan fingerprint density at radius 1 is 1.57 bits per heavy atom. The fraction of sp³-hybridized carbons (Fsp3) is 0.333. The van der Waals surface area contributed by atoms with Crippen LogP contribution in [0.1, 0.15) is 27.8 Å². The molecular weight excluding hydrogens is 184 g/mol. The lowest BCUT2D eigenvalue weighted by atomic mass is 10.0. The Morgan fingerprint density at radius 3 is 3.07 bits per heavy atom. The molecule has 1 aliphatic rings. The zero-order chi connectivity index (χ0) is 10.1. The van der Waals surface area contributed by atoms with Crippen LogP contribution in [-0.4, -0.2) is 27.7 Å². The van der Waals surface area contributed by atoms with Crippen LogP contribution in [0.25, 0.3) is 0 Å². The molecule has 1 aliphatic heterocycles. The summed E-state index contributed by atoms with van der Waals surface area (Å²) in [6, 6.07) is 3.13. The second-order valence-electron chi connectivity index (χ2n) is 3.19. The van der Waals surface area contributed by atoms with E-state index in [2.05, 4.69) is 10.3 Å². The monoisotopic (exact) mass is 194 g/mol. The van der Waals surface area contributed by atoms with Crippen LogP contribution >= 0.6 is 0 Å². The standard InChI is InChI=1S/C9H10N2O3/c12-7-4-10-3-5-1-2-6(9(13)14)11-8(5)7/h1-2,7,10,12H,3-4H2,(H,13,14). The van der Waals surface area contributed by atoms with Crippen molar-refractivity contribution in [2.24, 2.45) is 0 Å². The smallest absolute Gasteiger partial charge is 0.354 e. The quantitative estimate of drug-likeness (QED) is 0.582. The zero-order valence-electron chi connectivity index (χ0n) is 7.40. The van der Waals surface area contributed by atoms with E-state index in [1.165, 1.54) is 6.07 Å². The number of carbonyl (C=O) groups is 1. The zero-order valence-corrected chi connectivity index (χ0v) is 7.40. The van der Waals surface area contributed by atoms with Gasteiger partial charge in [-0.1, -0.05) is 6.07 Å². The number of pyridine rings is 1. The minimum Gasteiger partial charge on any atom is -0.477 e. The molecular formula is C9H10N2O3. The number of β-amino-alcohol motifs (C(OH)–C–C–N with tert-alkyl or cyclic N) is 1.